The number of nitrogens with two attached hydrogens (primary N) is 1. The maximum absolute atomic E-state index is 11.3. The molecule has 2 N–H and O–H groups in total. The van der Waals surface area contributed by atoms with Gasteiger partial charge in [0.05, 0.1) is 0 Å². The number of ether oxygens (including phenoxy) is 1. The first-order chi connectivity index (χ1) is 7.48. The van der Waals surface area contributed by atoms with Crippen molar-refractivity contribution in [1.82, 2.24) is 0 Å². The molecule has 2 heterocycles. The van der Waals surface area contributed by atoms with Crippen molar-refractivity contribution in [2.24, 2.45) is 10.3 Å². The number of rotatable bonds is 2. The highest BCUT2D eigenvalue weighted by Gasteiger charge is 2.24. The number of oxime groups is 1. The summed E-state index contributed by atoms with van der Waals surface area (Å²) in [5.74, 6) is 0.165. The van der Waals surface area contributed by atoms with Crippen LogP contribution in [0.5, 0.6) is 0 Å². The van der Waals surface area contributed by atoms with Crippen molar-refractivity contribution < 1.29 is 18.0 Å². The van der Waals surface area contributed by atoms with Gasteiger partial charge in [0.1, 0.15) is 15.9 Å². The molecule has 1 aliphatic rings. The molecule has 0 amide bonds. The molecular weight excluding hydrogens is 252 g/mol. The van der Waals surface area contributed by atoms with Gasteiger partial charge in [-0.2, -0.15) is 0 Å². The van der Waals surface area contributed by atoms with Gasteiger partial charge in [-0.15, -0.1) is 11.3 Å². The van der Waals surface area contributed by atoms with Gasteiger partial charge in [0.2, 0.25) is 10.0 Å². The Balaban J connectivity index is 2.42. The summed E-state index contributed by atoms with van der Waals surface area (Å²) < 4.78 is 27.9. The van der Waals surface area contributed by atoms with E-state index in [0.717, 1.165) is 0 Å². The number of thiophene rings is 1. The molecule has 0 radical (unpaired) electrons. The Morgan fingerprint density at radius 2 is 2.38 bits per heavy atom. The molecule has 16 heavy (non-hydrogen) atoms. The van der Waals surface area contributed by atoms with Gasteiger partial charge < -0.3 is 9.57 Å². The average molecular weight is 262 g/mol. The summed E-state index contributed by atoms with van der Waals surface area (Å²) in [5.41, 5.74) is 0. The Bertz CT molecular complexity index is 520. The lowest BCUT2D eigenvalue weighted by molar-refractivity contribution is 0.0197. The van der Waals surface area contributed by atoms with E-state index in [9.17, 15) is 8.42 Å². The number of primary sulfonamides is 1. The largest absolute Gasteiger partial charge is 0.468 e. The van der Waals surface area contributed by atoms with Crippen LogP contribution in [-0.4, -0.2) is 27.0 Å². The third kappa shape index (κ3) is 2.18. The van der Waals surface area contributed by atoms with Crippen molar-refractivity contribution in [1.29, 1.82) is 0 Å². The fourth-order valence-electron chi connectivity index (χ4n) is 1.22. The van der Waals surface area contributed by atoms with Crippen molar-refractivity contribution in [2.75, 3.05) is 6.61 Å². The van der Waals surface area contributed by atoms with Crippen LogP contribution in [0.2, 0.25) is 0 Å². The third-order valence-corrected chi connectivity index (χ3v) is 3.88. The van der Waals surface area contributed by atoms with Crippen LogP contribution in [0, 0.1) is 0 Å². The van der Waals surface area contributed by atoms with Gasteiger partial charge in [-0.25, -0.2) is 13.6 Å². The fraction of sp³-hybridized carbons (Fsp3) is 0.375. The summed E-state index contributed by atoms with van der Waals surface area (Å²) >= 11 is 1.19. The van der Waals surface area contributed by atoms with Crippen molar-refractivity contribution >= 4 is 27.3 Å². The fourth-order valence-corrected chi connectivity index (χ4v) is 3.11. The van der Waals surface area contributed by atoms with Crippen molar-refractivity contribution in [3.05, 3.63) is 16.3 Å². The molecule has 0 aliphatic carbocycles. The molecular formula is C8H10N2O4S2. The van der Waals surface area contributed by atoms with Gasteiger partial charge in [-0.05, 0) is 23.5 Å². The Morgan fingerprint density at radius 1 is 1.62 bits per heavy atom. The van der Waals surface area contributed by atoms with Crippen molar-refractivity contribution in [3.63, 3.8) is 0 Å². The first kappa shape index (κ1) is 11.4. The van der Waals surface area contributed by atoms with E-state index in [1.54, 1.807) is 12.3 Å². The molecule has 0 saturated heterocycles. The zero-order valence-electron chi connectivity index (χ0n) is 8.41. The lowest BCUT2D eigenvalue weighted by Crippen LogP contribution is -2.26. The molecule has 88 valence electrons. The van der Waals surface area contributed by atoms with Gasteiger partial charge in [-0.3, -0.25) is 0 Å². The van der Waals surface area contributed by atoms with Gasteiger partial charge in [0.25, 0.3) is 5.90 Å². The molecule has 8 heteroatoms. The predicted molar refractivity (Wildman–Crippen MR) is 58.7 cm³/mol. The molecule has 6 nitrogen and oxygen atoms in total. The quantitative estimate of drug-likeness (QED) is 0.839. The van der Waals surface area contributed by atoms with Crippen LogP contribution >= 0.6 is 11.3 Å². The van der Waals surface area contributed by atoms with Crippen molar-refractivity contribution in [3.8, 4) is 0 Å². The standard InChI is InChI=1S/C8H10N2O4S2/c1-5-4-13-10-8(14-5)7-6(2-3-15-7)16(9,11)12/h2-3,5H,4H2,1H3,(H2,9,11,12). The second-order valence-electron chi connectivity index (χ2n) is 3.28. The first-order valence-electron chi connectivity index (χ1n) is 4.46. The van der Waals surface area contributed by atoms with E-state index >= 15 is 0 Å². The monoisotopic (exact) mass is 262 g/mol. The van der Waals surface area contributed by atoms with Crippen LogP contribution in [0.4, 0.5) is 0 Å². The smallest absolute Gasteiger partial charge is 0.269 e. The molecule has 0 fully saturated rings. The predicted octanol–water partition coefficient (Wildman–Crippen LogP) is 0.492. The highest BCUT2D eigenvalue weighted by Crippen LogP contribution is 2.24. The van der Waals surface area contributed by atoms with Gasteiger partial charge in [0, 0.05) is 0 Å². The van der Waals surface area contributed by atoms with Crippen LogP contribution < -0.4 is 5.14 Å². The molecule has 0 bridgehead atoms. The van der Waals surface area contributed by atoms with Gasteiger partial charge >= 0.3 is 0 Å². The first-order valence-corrected chi connectivity index (χ1v) is 6.88. The van der Waals surface area contributed by atoms with E-state index in [-0.39, 0.29) is 16.9 Å². The highest BCUT2D eigenvalue weighted by atomic mass is 32.2. The molecule has 1 aliphatic heterocycles. The lowest BCUT2D eigenvalue weighted by atomic mass is 10.4. The summed E-state index contributed by atoms with van der Waals surface area (Å²) in [4.78, 5) is 5.30. The van der Waals surface area contributed by atoms with Crippen LogP contribution in [0.15, 0.2) is 21.5 Å². The Kier molecular flexibility index (Phi) is 2.87. The minimum absolute atomic E-state index is 0.00829. The second-order valence-corrected chi connectivity index (χ2v) is 5.73. The van der Waals surface area contributed by atoms with Crippen LogP contribution in [0.1, 0.15) is 11.8 Å². The lowest BCUT2D eigenvalue weighted by Gasteiger charge is -2.19. The van der Waals surface area contributed by atoms with E-state index in [1.165, 1.54) is 17.4 Å². The summed E-state index contributed by atoms with van der Waals surface area (Å²) in [6.45, 7) is 2.15. The summed E-state index contributed by atoms with van der Waals surface area (Å²) in [6, 6.07) is 1.42. The van der Waals surface area contributed by atoms with Gasteiger partial charge in [0.15, 0.2) is 6.61 Å². The number of hydrogen-bond donors (Lipinski definition) is 1. The van der Waals surface area contributed by atoms with E-state index in [4.69, 9.17) is 14.7 Å². The molecule has 1 aromatic rings. The average Bonchev–Trinajstić information content (AvgIpc) is 2.65. The topological polar surface area (TPSA) is 91.0 Å². The Labute approximate surface area is 96.7 Å². The molecule has 0 spiro atoms. The number of hydrogen-bond acceptors (Lipinski definition) is 6. The Morgan fingerprint density at radius 3 is 3.00 bits per heavy atom. The van der Waals surface area contributed by atoms with Gasteiger partial charge in [-0.1, -0.05) is 0 Å². The minimum atomic E-state index is -3.76. The second kappa shape index (κ2) is 4.04. The Hall–Kier alpha value is -1.12. The van der Waals surface area contributed by atoms with E-state index in [0.29, 0.717) is 11.5 Å². The molecule has 1 aromatic heterocycles. The zero-order valence-corrected chi connectivity index (χ0v) is 10.0. The van der Waals surface area contributed by atoms with Crippen LogP contribution in [0.3, 0.4) is 0 Å². The molecule has 1 unspecified atom stereocenters. The summed E-state index contributed by atoms with van der Waals surface area (Å²) in [7, 11) is -3.76. The maximum atomic E-state index is 11.3. The summed E-state index contributed by atoms with van der Waals surface area (Å²) in [6.07, 6.45) is -0.164. The molecule has 0 saturated carbocycles. The number of sulfonamides is 1. The van der Waals surface area contributed by atoms with Crippen LogP contribution in [-0.2, 0) is 19.6 Å². The number of nitrogens with zero attached hydrogens (tertiary/aromatic N) is 1. The molecule has 2 rings (SSSR count). The SMILES string of the molecule is CC1CON=C(c2sccc2S(N)(=O)=O)O1. The van der Waals surface area contributed by atoms with E-state index in [2.05, 4.69) is 5.16 Å². The minimum Gasteiger partial charge on any atom is -0.468 e. The normalized spacial score (nSPS) is 20.9. The molecule has 0 aromatic carbocycles. The maximum Gasteiger partial charge on any atom is 0.269 e. The zero-order chi connectivity index (χ0) is 11.8. The van der Waals surface area contributed by atoms with Crippen LogP contribution in [0.25, 0.3) is 0 Å². The van der Waals surface area contributed by atoms with Crippen molar-refractivity contribution in [2.45, 2.75) is 17.9 Å². The van der Waals surface area contributed by atoms with E-state index in [1.807, 2.05) is 0 Å². The summed E-state index contributed by atoms with van der Waals surface area (Å²) in [5, 5.41) is 10.4. The highest BCUT2D eigenvalue weighted by molar-refractivity contribution is 7.89. The van der Waals surface area contributed by atoms with E-state index < -0.39 is 10.0 Å². The molecule has 1 atom stereocenters. The third-order valence-electron chi connectivity index (χ3n) is 1.90.